The first-order valence-electron chi connectivity index (χ1n) is 5.29. The lowest BCUT2D eigenvalue weighted by atomic mass is 10.2. The Morgan fingerprint density at radius 1 is 1.62 bits per heavy atom. The summed E-state index contributed by atoms with van der Waals surface area (Å²) in [5.74, 6) is 0.952. The highest BCUT2D eigenvalue weighted by Gasteiger charge is 2.09. The standard InChI is InChI=1S/C6H13NO2S.C5H7N/c1-2-10-4-3-5(7)6(8)9;1-2-4-6-5-3-1/h5H,2-4,7H2,1H3,(H,8,9);1-4,6H,5H2/t5-;/m0./s1. The molecule has 0 aromatic heterocycles. The van der Waals surface area contributed by atoms with Crippen LogP contribution in [0.1, 0.15) is 13.3 Å². The normalized spacial score (nSPS) is 14.6. The van der Waals surface area contributed by atoms with Gasteiger partial charge in [0.1, 0.15) is 6.04 Å². The topological polar surface area (TPSA) is 75.3 Å². The van der Waals surface area contributed by atoms with Gasteiger partial charge in [-0.05, 0) is 30.2 Å². The minimum Gasteiger partial charge on any atom is -0.480 e. The van der Waals surface area contributed by atoms with Crippen LogP contribution in [0.3, 0.4) is 0 Å². The maximum absolute atomic E-state index is 10.2. The van der Waals surface area contributed by atoms with Gasteiger partial charge in [-0.15, -0.1) is 0 Å². The van der Waals surface area contributed by atoms with E-state index in [1.807, 2.05) is 25.3 Å². The minimum atomic E-state index is -0.906. The number of thioether (sulfide) groups is 1. The fourth-order valence-electron chi connectivity index (χ4n) is 0.884. The van der Waals surface area contributed by atoms with Crippen molar-refractivity contribution < 1.29 is 9.90 Å². The minimum absolute atomic E-state index is 0.563. The molecule has 0 fully saturated rings. The molecule has 0 radical (unpaired) electrons. The Kier molecular flexibility index (Phi) is 9.95. The molecule has 0 aliphatic carbocycles. The van der Waals surface area contributed by atoms with Crippen LogP contribution in [0.5, 0.6) is 0 Å². The third kappa shape index (κ3) is 9.61. The third-order valence-electron chi connectivity index (χ3n) is 1.79. The van der Waals surface area contributed by atoms with Crippen LogP contribution in [-0.2, 0) is 4.79 Å². The number of carboxylic acids is 1. The van der Waals surface area contributed by atoms with E-state index in [0.717, 1.165) is 18.1 Å². The number of dihydropyridines is 1. The number of hydrogen-bond donors (Lipinski definition) is 3. The van der Waals surface area contributed by atoms with Gasteiger partial charge in [-0.1, -0.05) is 19.1 Å². The molecule has 1 heterocycles. The highest BCUT2D eigenvalue weighted by Crippen LogP contribution is 2.02. The predicted molar refractivity (Wildman–Crippen MR) is 69.5 cm³/mol. The van der Waals surface area contributed by atoms with Gasteiger partial charge in [-0.2, -0.15) is 11.8 Å². The average molecular weight is 244 g/mol. The number of allylic oxidation sites excluding steroid dienone is 2. The number of rotatable bonds is 5. The van der Waals surface area contributed by atoms with Crippen LogP contribution in [-0.4, -0.2) is 35.2 Å². The third-order valence-corrected chi connectivity index (χ3v) is 2.72. The second kappa shape index (κ2) is 10.6. The van der Waals surface area contributed by atoms with Gasteiger partial charge < -0.3 is 16.2 Å². The van der Waals surface area contributed by atoms with Gasteiger partial charge in [-0.3, -0.25) is 4.79 Å². The van der Waals surface area contributed by atoms with Gasteiger partial charge in [0, 0.05) is 6.54 Å². The number of aliphatic carboxylic acids is 1. The van der Waals surface area contributed by atoms with Crippen LogP contribution in [0.25, 0.3) is 0 Å². The fraction of sp³-hybridized carbons (Fsp3) is 0.545. The summed E-state index contributed by atoms with van der Waals surface area (Å²) in [6.07, 6.45) is 8.56. The lowest BCUT2D eigenvalue weighted by molar-refractivity contribution is -0.138. The SMILES string of the molecule is C1=CCNC=C1.CCSCC[C@H](N)C(=O)O. The van der Waals surface area contributed by atoms with E-state index in [2.05, 4.69) is 11.4 Å². The fourth-order valence-corrected chi connectivity index (χ4v) is 1.59. The van der Waals surface area contributed by atoms with Crippen molar-refractivity contribution in [3.05, 3.63) is 24.4 Å². The van der Waals surface area contributed by atoms with Crippen molar-refractivity contribution in [1.82, 2.24) is 5.32 Å². The Bertz CT molecular complexity index is 230. The zero-order chi connectivity index (χ0) is 12.2. The van der Waals surface area contributed by atoms with Crippen LogP contribution < -0.4 is 11.1 Å². The Hall–Kier alpha value is -0.940. The van der Waals surface area contributed by atoms with E-state index in [9.17, 15) is 4.79 Å². The molecule has 5 heteroatoms. The second-order valence-corrected chi connectivity index (χ2v) is 4.52. The van der Waals surface area contributed by atoms with Crippen LogP contribution in [0, 0.1) is 0 Å². The number of hydrogen-bond acceptors (Lipinski definition) is 4. The van der Waals surface area contributed by atoms with Gasteiger partial charge in [0.2, 0.25) is 0 Å². The van der Waals surface area contributed by atoms with E-state index in [-0.39, 0.29) is 0 Å². The summed E-state index contributed by atoms with van der Waals surface area (Å²) in [6.45, 7) is 3.02. The van der Waals surface area contributed by atoms with Gasteiger partial charge in [0.15, 0.2) is 0 Å². The van der Waals surface area contributed by atoms with E-state index < -0.39 is 12.0 Å². The summed E-state index contributed by atoms with van der Waals surface area (Å²) in [7, 11) is 0. The van der Waals surface area contributed by atoms with Gasteiger partial charge in [0.05, 0.1) is 0 Å². The van der Waals surface area contributed by atoms with Crippen molar-refractivity contribution in [1.29, 1.82) is 0 Å². The molecule has 1 atom stereocenters. The molecule has 1 aliphatic rings. The van der Waals surface area contributed by atoms with E-state index in [1.54, 1.807) is 11.8 Å². The molecule has 0 aromatic rings. The molecular weight excluding hydrogens is 224 g/mol. The molecule has 0 unspecified atom stereocenters. The van der Waals surface area contributed by atoms with Gasteiger partial charge >= 0.3 is 5.97 Å². The first-order chi connectivity index (χ1) is 7.68. The zero-order valence-electron chi connectivity index (χ0n) is 9.56. The van der Waals surface area contributed by atoms with Crippen molar-refractivity contribution >= 4 is 17.7 Å². The summed E-state index contributed by atoms with van der Waals surface area (Å²) in [5.41, 5.74) is 5.24. The largest absolute Gasteiger partial charge is 0.480 e. The zero-order valence-corrected chi connectivity index (χ0v) is 10.4. The van der Waals surface area contributed by atoms with E-state index in [4.69, 9.17) is 10.8 Å². The Labute approximate surface area is 101 Å². The number of carboxylic acid groups (broad SMARTS) is 1. The van der Waals surface area contributed by atoms with E-state index >= 15 is 0 Å². The van der Waals surface area contributed by atoms with Crippen LogP contribution >= 0.6 is 11.8 Å². The molecule has 0 bridgehead atoms. The predicted octanol–water partition coefficient (Wildman–Crippen LogP) is 1.20. The van der Waals surface area contributed by atoms with Crippen LogP contribution in [0.4, 0.5) is 0 Å². The van der Waals surface area contributed by atoms with Crippen molar-refractivity contribution in [3.63, 3.8) is 0 Å². The lowest BCUT2D eigenvalue weighted by Gasteiger charge is -2.03. The molecule has 4 N–H and O–H groups in total. The molecule has 0 saturated heterocycles. The summed E-state index contributed by atoms with van der Waals surface area (Å²) in [6, 6.07) is -0.681. The smallest absolute Gasteiger partial charge is 0.320 e. The first-order valence-corrected chi connectivity index (χ1v) is 6.45. The summed E-state index contributed by atoms with van der Waals surface area (Å²) >= 11 is 1.71. The average Bonchev–Trinajstić information content (AvgIpc) is 2.32. The molecule has 4 nitrogen and oxygen atoms in total. The van der Waals surface area contributed by atoms with Crippen LogP contribution in [0.15, 0.2) is 24.4 Å². The summed E-state index contributed by atoms with van der Waals surface area (Å²) in [4.78, 5) is 10.2. The molecule has 0 saturated carbocycles. The quantitative estimate of drug-likeness (QED) is 0.634. The van der Waals surface area contributed by atoms with Crippen molar-refractivity contribution in [2.24, 2.45) is 5.73 Å². The summed E-state index contributed by atoms with van der Waals surface area (Å²) < 4.78 is 0. The van der Waals surface area contributed by atoms with Crippen molar-refractivity contribution in [3.8, 4) is 0 Å². The highest BCUT2D eigenvalue weighted by molar-refractivity contribution is 7.99. The Morgan fingerprint density at radius 2 is 2.38 bits per heavy atom. The number of carbonyl (C=O) groups is 1. The van der Waals surface area contributed by atoms with Crippen molar-refractivity contribution in [2.45, 2.75) is 19.4 Å². The number of nitrogens with one attached hydrogen (secondary N) is 1. The molecule has 1 aliphatic heterocycles. The molecule has 92 valence electrons. The molecular formula is C11H20N2O2S. The van der Waals surface area contributed by atoms with Crippen LogP contribution in [0.2, 0.25) is 0 Å². The maximum atomic E-state index is 10.2. The molecule has 1 rings (SSSR count). The van der Waals surface area contributed by atoms with E-state index in [0.29, 0.717) is 6.42 Å². The summed E-state index contributed by atoms with van der Waals surface area (Å²) in [5, 5.41) is 11.4. The number of nitrogens with two attached hydrogens (primary N) is 1. The van der Waals surface area contributed by atoms with Gasteiger partial charge in [0.25, 0.3) is 0 Å². The monoisotopic (exact) mass is 244 g/mol. The highest BCUT2D eigenvalue weighted by atomic mass is 32.2. The Morgan fingerprint density at radius 3 is 2.69 bits per heavy atom. The lowest BCUT2D eigenvalue weighted by Crippen LogP contribution is -2.30. The first kappa shape index (κ1) is 15.1. The molecule has 0 amide bonds. The van der Waals surface area contributed by atoms with Gasteiger partial charge in [-0.25, -0.2) is 0 Å². The van der Waals surface area contributed by atoms with E-state index in [1.165, 1.54) is 0 Å². The molecule has 0 aromatic carbocycles. The Balaban J connectivity index is 0.000000315. The van der Waals surface area contributed by atoms with Crippen molar-refractivity contribution in [2.75, 3.05) is 18.1 Å². The molecule has 0 spiro atoms. The molecule has 16 heavy (non-hydrogen) atoms. The maximum Gasteiger partial charge on any atom is 0.320 e. The second-order valence-electron chi connectivity index (χ2n) is 3.13.